The van der Waals surface area contributed by atoms with Crippen LogP contribution in [0.25, 0.3) is 0 Å². The molecule has 1 aromatic carbocycles. The van der Waals surface area contributed by atoms with E-state index in [2.05, 4.69) is 10.4 Å². The molecule has 1 aromatic heterocycles. The van der Waals surface area contributed by atoms with Gasteiger partial charge in [0.25, 0.3) is 0 Å². The zero-order valence-corrected chi connectivity index (χ0v) is 12.7. The molecule has 0 amide bonds. The molecule has 2 aromatic rings. The van der Waals surface area contributed by atoms with Crippen LogP contribution in [0, 0.1) is 0 Å². The predicted molar refractivity (Wildman–Crippen MR) is 78.7 cm³/mol. The minimum atomic E-state index is -0.115. The Morgan fingerprint density at radius 2 is 2.05 bits per heavy atom. The first-order chi connectivity index (χ1) is 9.62. The second-order valence-electron chi connectivity index (χ2n) is 4.33. The van der Waals surface area contributed by atoms with Gasteiger partial charge in [0, 0.05) is 18.7 Å². The number of aromatic nitrogens is 2. The summed E-state index contributed by atoms with van der Waals surface area (Å²) in [6.07, 6.45) is 1.64. The van der Waals surface area contributed by atoms with Crippen molar-refractivity contribution in [2.24, 2.45) is 7.05 Å². The summed E-state index contributed by atoms with van der Waals surface area (Å²) in [5, 5.41) is 8.04. The van der Waals surface area contributed by atoms with Crippen LogP contribution >= 0.6 is 11.6 Å². The van der Waals surface area contributed by atoms with Crippen LogP contribution in [0.4, 0.5) is 0 Å². The van der Waals surface area contributed by atoms with Gasteiger partial charge in [0.2, 0.25) is 0 Å². The molecule has 1 unspecified atom stereocenters. The van der Waals surface area contributed by atoms with Crippen LogP contribution < -0.4 is 14.8 Å². The fraction of sp³-hybridized carbons (Fsp3) is 0.357. The monoisotopic (exact) mass is 295 g/mol. The van der Waals surface area contributed by atoms with E-state index >= 15 is 0 Å². The van der Waals surface area contributed by atoms with E-state index in [0.717, 1.165) is 22.8 Å². The maximum atomic E-state index is 6.23. The van der Waals surface area contributed by atoms with Gasteiger partial charge in [-0.2, -0.15) is 5.10 Å². The smallest absolute Gasteiger partial charge is 0.127 e. The van der Waals surface area contributed by atoms with E-state index < -0.39 is 0 Å². The number of rotatable bonds is 5. The van der Waals surface area contributed by atoms with E-state index in [1.807, 2.05) is 32.3 Å². The maximum Gasteiger partial charge on any atom is 0.127 e. The van der Waals surface area contributed by atoms with E-state index in [1.165, 1.54) is 0 Å². The molecule has 108 valence electrons. The van der Waals surface area contributed by atoms with Crippen molar-refractivity contribution in [3.05, 3.63) is 40.7 Å². The third-order valence-corrected chi connectivity index (χ3v) is 3.54. The molecule has 1 atom stereocenters. The van der Waals surface area contributed by atoms with Crippen molar-refractivity contribution >= 4 is 11.6 Å². The Bertz CT molecular complexity index is 579. The summed E-state index contributed by atoms with van der Waals surface area (Å²) < 4.78 is 12.4. The normalized spacial score (nSPS) is 12.2. The van der Waals surface area contributed by atoms with Crippen molar-refractivity contribution in [3.8, 4) is 11.5 Å². The number of nitrogens with one attached hydrogen (secondary N) is 1. The summed E-state index contributed by atoms with van der Waals surface area (Å²) in [6, 6.07) is 5.59. The molecule has 0 saturated heterocycles. The number of nitrogens with zero attached hydrogens (tertiary/aromatic N) is 2. The van der Waals surface area contributed by atoms with Crippen LogP contribution in [0.5, 0.6) is 11.5 Å². The van der Waals surface area contributed by atoms with Gasteiger partial charge in [-0.3, -0.25) is 4.68 Å². The summed E-state index contributed by atoms with van der Waals surface area (Å²) in [6.45, 7) is 0. The number of ether oxygens (including phenoxy) is 2. The summed E-state index contributed by atoms with van der Waals surface area (Å²) in [5.41, 5.74) is 1.86. The second kappa shape index (κ2) is 6.15. The van der Waals surface area contributed by atoms with Crippen molar-refractivity contribution in [2.45, 2.75) is 6.04 Å². The Morgan fingerprint density at radius 3 is 2.55 bits per heavy atom. The zero-order valence-electron chi connectivity index (χ0n) is 12.0. The first kappa shape index (κ1) is 14.7. The minimum absolute atomic E-state index is 0.115. The van der Waals surface area contributed by atoms with Gasteiger partial charge >= 0.3 is 0 Å². The van der Waals surface area contributed by atoms with E-state index in [4.69, 9.17) is 21.1 Å². The SMILES string of the molecule is CNC(c1ccc(OC)cc1OC)c1c(Cl)cnn1C. The van der Waals surface area contributed by atoms with Crippen LogP contribution in [0.2, 0.25) is 5.02 Å². The number of hydrogen-bond acceptors (Lipinski definition) is 4. The largest absolute Gasteiger partial charge is 0.497 e. The number of benzene rings is 1. The minimum Gasteiger partial charge on any atom is -0.497 e. The summed E-state index contributed by atoms with van der Waals surface area (Å²) in [7, 11) is 7.00. The molecule has 0 aliphatic carbocycles. The highest BCUT2D eigenvalue weighted by Gasteiger charge is 2.22. The van der Waals surface area contributed by atoms with Gasteiger partial charge in [0.1, 0.15) is 11.5 Å². The van der Waals surface area contributed by atoms with Gasteiger partial charge in [0.05, 0.1) is 37.2 Å². The number of halogens is 1. The average Bonchev–Trinajstić information content (AvgIpc) is 2.80. The lowest BCUT2D eigenvalue weighted by molar-refractivity contribution is 0.387. The number of methoxy groups -OCH3 is 2. The standard InChI is InChI=1S/C14H18ClN3O2/c1-16-13(14-11(15)8-17-18(14)2)10-6-5-9(19-3)7-12(10)20-4/h5-8,13,16H,1-4H3. The molecule has 6 heteroatoms. The molecular weight excluding hydrogens is 278 g/mol. The molecule has 1 N–H and O–H groups in total. The zero-order chi connectivity index (χ0) is 14.7. The van der Waals surface area contributed by atoms with Crippen molar-refractivity contribution in [1.82, 2.24) is 15.1 Å². The van der Waals surface area contributed by atoms with Crippen LogP contribution in [-0.4, -0.2) is 31.0 Å². The molecule has 1 heterocycles. The van der Waals surface area contributed by atoms with Crippen molar-refractivity contribution in [2.75, 3.05) is 21.3 Å². The van der Waals surface area contributed by atoms with Gasteiger partial charge in [-0.15, -0.1) is 0 Å². The van der Waals surface area contributed by atoms with Gasteiger partial charge in [-0.05, 0) is 19.2 Å². The fourth-order valence-electron chi connectivity index (χ4n) is 2.24. The topological polar surface area (TPSA) is 48.3 Å². The molecule has 20 heavy (non-hydrogen) atoms. The lowest BCUT2D eigenvalue weighted by Gasteiger charge is -2.20. The highest BCUT2D eigenvalue weighted by molar-refractivity contribution is 6.31. The molecule has 0 spiro atoms. The fourth-order valence-corrected chi connectivity index (χ4v) is 2.52. The summed E-state index contributed by atoms with van der Waals surface area (Å²) >= 11 is 6.23. The Kier molecular flexibility index (Phi) is 4.52. The Balaban J connectivity index is 2.52. The van der Waals surface area contributed by atoms with Crippen LogP contribution in [0.3, 0.4) is 0 Å². The summed E-state index contributed by atoms with van der Waals surface area (Å²) in [5.74, 6) is 1.48. The van der Waals surface area contributed by atoms with E-state index in [0.29, 0.717) is 5.02 Å². The van der Waals surface area contributed by atoms with Gasteiger partial charge < -0.3 is 14.8 Å². The first-order valence-corrected chi connectivity index (χ1v) is 6.56. The maximum absolute atomic E-state index is 6.23. The average molecular weight is 296 g/mol. The summed E-state index contributed by atoms with van der Waals surface area (Å²) in [4.78, 5) is 0. The molecule has 0 saturated carbocycles. The molecule has 0 aliphatic heterocycles. The Labute approximate surface area is 123 Å². The predicted octanol–water partition coefficient (Wildman–Crippen LogP) is 2.40. The van der Waals surface area contributed by atoms with E-state index in [9.17, 15) is 0 Å². The number of aryl methyl sites for hydroxylation is 1. The molecule has 0 aliphatic rings. The lowest BCUT2D eigenvalue weighted by Crippen LogP contribution is -2.21. The number of hydrogen-bond donors (Lipinski definition) is 1. The second-order valence-corrected chi connectivity index (χ2v) is 4.74. The quantitative estimate of drug-likeness (QED) is 0.920. The molecule has 0 fully saturated rings. The lowest BCUT2D eigenvalue weighted by atomic mass is 10.0. The third-order valence-electron chi connectivity index (χ3n) is 3.25. The van der Waals surface area contributed by atoms with Crippen molar-refractivity contribution < 1.29 is 9.47 Å². The van der Waals surface area contributed by atoms with Crippen LogP contribution in [-0.2, 0) is 7.05 Å². The molecule has 5 nitrogen and oxygen atoms in total. The van der Waals surface area contributed by atoms with Crippen LogP contribution in [0.1, 0.15) is 17.3 Å². The van der Waals surface area contributed by atoms with E-state index in [-0.39, 0.29) is 6.04 Å². The highest BCUT2D eigenvalue weighted by Crippen LogP contribution is 2.35. The van der Waals surface area contributed by atoms with E-state index in [1.54, 1.807) is 25.1 Å². The Morgan fingerprint density at radius 1 is 1.30 bits per heavy atom. The molecule has 2 rings (SSSR count). The Hall–Kier alpha value is -1.72. The third kappa shape index (κ3) is 2.59. The van der Waals surface area contributed by atoms with Crippen LogP contribution in [0.15, 0.2) is 24.4 Å². The van der Waals surface area contributed by atoms with Gasteiger partial charge in [0.15, 0.2) is 0 Å². The highest BCUT2D eigenvalue weighted by atomic mass is 35.5. The van der Waals surface area contributed by atoms with Crippen molar-refractivity contribution in [1.29, 1.82) is 0 Å². The molecule has 0 bridgehead atoms. The molecular formula is C14H18ClN3O2. The van der Waals surface area contributed by atoms with Gasteiger partial charge in [-0.25, -0.2) is 0 Å². The van der Waals surface area contributed by atoms with Gasteiger partial charge in [-0.1, -0.05) is 11.6 Å². The first-order valence-electron chi connectivity index (χ1n) is 6.19. The van der Waals surface area contributed by atoms with Crippen molar-refractivity contribution in [3.63, 3.8) is 0 Å². The molecule has 0 radical (unpaired) electrons.